The second kappa shape index (κ2) is 9.23. The van der Waals surface area contributed by atoms with Crippen molar-refractivity contribution in [2.45, 2.75) is 69.6 Å². The maximum absolute atomic E-state index is 13.0. The molecule has 0 radical (unpaired) electrons. The molecule has 11 heteroatoms. The van der Waals surface area contributed by atoms with Gasteiger partial charge in [-0.2, -0.15) is 4.98 Å². The van der Waals surface area contributed by atoms with Crippen molar-refractivity contribution in [2.24, 2.45) is 0 Å². The summed E-state index contributed by atoms with van der Waals surface area (Å²) < 4.78 is 7.68. The number of amides is 1. The van der Waals surface area contributed by atoms with Crippen LogP contribution >= 0.6 is 0 Å². The quantitative estimate of drug-likeness (QED) is 0.531. The zero-order valence-corrected chi connectivity index (χ0v) is 21.8. The molecule has 2 fully saturated rings. The van der Waals surface area contributed by atoms with Crippen LogP contribution in [0.25, 0.3) is 5.69 Å². The zero-order chi connectivity index (χ0) is 25.8. The van der Waals surface area contributed by atoms with Crippen molar-refractivity contribution in [1.82, 2.24) is 34.9 Å². The summed E-state index contributed by atoms with van der Waals surface area (Å²) in [6, 6.07) is 6.61. The van der Waals surface area contributed by atoms with Crippen LogP contribution in [0, 0.1) is 0 Å². The molecule has 6 aliphatic rings. The monoisotopic (exact) mass is 515 g/mol. The molecule has 0 spiro atoms. The van der Waals surface area contributed by atoms with Gasteiger partial charge >= 0.3 is 0 Å². The van der Waals surface area contributed by atoms with E-state index in [0.29, 0.717) is 35.0 Å². The van der Waals surface area contributed by atoms with Gasteiger partial charge in [0.25, 0.3) is 5.91 Å². The van der Waals surface area contributed by atoms with E-state index in [9.17, 15) is 4.79 Å². The van der Waals surface area contributed by atoms with Crippen LogP contribution in [0.1, 0.15) is 67.7 Å². The van der Waals surface area contributed by atoms with Gasteiger partial charge in [-0.25, -0.2) is 4.98 Å². The van der Waals surface area contributed by atoms with Gasteiger partial charge in [0.15, 0.2) is 11.6 Å². The molecule has 1 aromatic carbocycles. The third kappa shape index (κ3) is 3.79. The number of carbonyl (C=O) groups excluding carboxylic acids is 1. The highest BCUT2D eigenvalue weighted by atomic mass is 16.5. The summed E-state index contributed by atoms with van der Waals surface area (Å²) in [5.74, 6) is 2.84. The van der Waals surface area contributed by atoms with E-state index in [0.717, 1.165) is 68.9 Å². The number of nitrogens with one attached hydrogen (secondary N) is 2. The third-order valence-corrected chi connectivity index (χ3v) is 8.71. The normalized spacial score (nSPS) is 27.8. The number of aromatic nitrogens is 5. The Morgan fingerprint density at radius 1 is 1.13 bits per heavy atom. The van der Waals surface area contributed by atoms with E-state index >= 15 is 0 Å². The fraction of sp³-hybridized carbons (Fsp3) is 0.519. The van der Waals surface area contributed by atoms with Gasteiger partial charge in [0.1, 0.15) is 17.8 Å². The molecule has 3 aromatic rings. The average Bonchev–Trinajstić information content (AvgIpc) is 3.63. The summed E-state index contributed by atoms with van der Waals surface area (Å²) >= 11 is 0. The molecule has 1 saturated heterocycles. The molecule has 11 nitrogen and oxygen atoms in total. The Morgan fingerprint density at radius 2 is 1.97 bits per heavy atom. The van der Waals surface area contributed by atoms with Gasteiger partial charge < -0.3 is 25.2 Å². The van der Waals surface area contributed by atoms with E-state index in [2.05, 4.69) is 42.5 Å². The number of benzene rings is 1. The zero-order valence-electron chi connectivity index (χ0n) is 21.8. The minimum atomic E-state index is -0.0635. The van der Waals surface area contributed by atoms with E-state index in [1.807, 2.05) is 22.9 Å². The highest BCUT2D eigenvalue weighted by Gasteiger charge is 2.42. The molecule has 3 atom stereocenters. The number of anilines is 3. The van der Waals surface area contributed by atoms with Crippen molar-refractivity contribution in [1.29, 1.82) is 0 Å². The van der Waals surface area contributed by atoms with Crippen molar-refractivity contribution in [3.63, 3.8) is 0 Å². The lowest BCUT2D eigenvalue weighted by Gasteiger charge is -2.41. The van der Waals surface area contributed by atoms with Crippen LogP contribution in [0.4, 0.5) is 17.5 Å². The number of fused-ring (bicyclic) bond motifs is 4. The van der Waals surface area contributed by atoms with Gasteiger partial charge in [-0.1, -0.05) is 6.92 Å². The van der Waals surface area contributed by atoms with Crippen LogP contribution in [0.3, 0.4) is 0 Å². The Bertz CT molecular complexity index is 1370. The predicted octanol–water partition coefficient (Wildman–Crippen LogP) is 3.21. The van der Waals surface area contributed by atoms with E-state index in [-0.39, 0.29) is 18.0 Å². The summed E-state index contributed by atoms with van der Waals surface area (Å²) in [6.07, 6.45) is 9.80. The number of rotatable bonds is 2. The van der Waals surface area contributed by atoms with Crippen LogP contribution < -0.4 is 20.3 Å². The van der Waals surface area contributed by atoms with Crippen molar-refractivity contribution in [3.8, 4) is 11.4 Å². The summed E-state index contributed by atoms with van der Waals surface area (Å²) in [5, 5.41) is 15.3. The predicted molar refractivity (Wildman–Crippen MR) is 142 cm³/mol. The smallest absolute Gasteiger partial charge is 0.251 e. The number of piperidine rings is 1. The number of carbonyl (C=O) groups is 1. The first-order valence-electron chi connectivity index (χ1n) is 13.7. The second-order valence-electron chi connectivity index (χ2n) is 10.7. The first kappa shape index (κ1) is 23.4. The molecular formula is C27H33N9O2. The molecule has 5 aliphatic heterocycles. The Balaban J connectivity index is 1.34. The summed E-state index contributed by atoms with van der Waals surface area (Å²) in [5.41, 5.74) is 2.19. The molecular weight excluding hydrogens is 482 g/mol. The fourth-order valence-corrected chi connectivity index (χ4v) is 6.77. The number of ether oxygens (including phenoxy) is 1. The number of hydrogen-bond acceptors (Lipinski definition) is 9. The van der Waals surface area contributed by atoms with E-state index < -0.39 is 0 Å². The Hall–Kier alpha value is -3.73. The molecule has 1 aliphatic carbocycles. The standard InChI is InChI=1S/C27H33N9O2/c1-3-21-25-33-29-15-35(25)22-14-28-27-31-20-7-4-16(12-23(20)38-2)26(37)30-17-8-10-34(11-9-17)18-5-6-19(13-18)36(21)24(22)32-27/h4,7,12,14-15,17-19,21H,3,5-6,8-11,13H2,1-2H3,(H,30,37)(H,28,31,32). The molecule has 38 heavy (non-hydrogen) atoms. The van der Waals surface area contributed by atoms with Gasteiger partial charge in [-0.05, 0) is 56.7 Å². The van der Waals surface area contributed by atoms with Gasteiger partial charge in [0.2, 0.25) is 5.95 Å². The maximum atomic E-state index is 13.0. The largest absolute Gasteiger partial charge is 0.495 e. The molecule has 9 rings (SSSR count). The average molecular weight is 516 g/mol. The summed E-state index contributed by atoms with van der Waals surface area (Å²) in [7, 11) is 1.61. The lowest BCUT2D eigenvalue weighted by molar-refractivity contribution is 0.0891. The Kier molecular flexibility index (Phi) is 5.68. The summed E-state index contributed by atoms with van der Waals surface area (Å²) in [4.78, 5) is 27.9. The molecule has 2 aromatic heterocycles. The first-order valence-corrected chi connectivity index (χ1v) is 13.7. The van der Waals surface area contributed by atoms with Gasteiger partial charge in [0.05, 0.1) is 25.0 Å². The van der Waals surface area contributed by atoms with Crippen LogP contribution in [0.5, 0.6) is 5.75 Å². The number of nitrogens with zero attached hydrogens (tertiary/aromatic N) is 7. The van der Waals surface area contributed by atoms with Crippen LogP contribution in [-0.4, -0.2) is 73.9 Å². The fourth-order valence-electron chi connectivity index (χ4n) is 6.77. The lowest BCUT2D eigenvalue weighted by atomic mass is 10.0. The highest BCUT2D eigenvalue weighted by molar-refractivity contribution is 5.95. The van der Waals surface area contributed by atoms with Crippen LogP contribution in [0.2, 0.25) is 0 Å². The highest BCUT2D eigenvalue weighted by Crippen LogP contribution is 2.44. The summed E-state index contributed by atoms with van der Waals surface area (Å²) in [6.45, 7) is 4.21. The van der Waals surface area contributed by atoms with E-state index in [1.165, 1.54) is 0 Å². The first-order chi connectivity index (χ1) is 18.6. The third-order valence-electron chi connectivity index (χ3n) is 8.71. The molecule has 1 amide bonds. The van der Waals surface area contributed by atoms with Gasteiger partial charge in [-0.3, -0.25) is 9.36 Å². The minimum absolute atomic E-state index is 0.0635. The SMILES string of the molecule is CCC1c2nncn2-c2cnc3nc2N1C1CCC(C1)N1CCC(CC1)NC(=O)c1ccc(c(OC)c1)N3. The molecule has 8 bridgehead atoms. The second-order valence-corrected chi connectivity index (χ2v) is 10.7. The van der Waals surface area contributed by atoms with Gasteiger partial charge in [-0.15, -0.1) is 10.2 Å². The van der Waals surface area contributed by atoms with Gasteiger partial charge in [0, 0.05) is 36.8 Å². The number of hydrogen-bond donors (Lipinski definition) is 2. The van der Waals surface area contributed by atoms with E-state index in [4.69, 9.17) is 9.72 Å². The topological polar surface area (TPSA) is 113 Å². The van der Waals surface area contributed by atoms with Crippen LogP contribution in [0.15, 0.2) is 30.7 Å². The molecule has 7 heterocycles. The van der Waals surface area contributed by atoms with Crippen molar-refractivity contribution >= 4 is 23.4 Å². The molecule has 2 N–H and O–H groups in total. The molecule has 3 unspecified atom stereocenters. The lowest BCUT2D eigenvalue weighted by Crippen LogP contribution is -2.48. The van der Waals surface area contributed by atoms with Crippen molar-refractivity contribution < 1.29 is 9.53 Å². The molecule has 198 valence electrons. The van der Waals surface area contributed by atoms with E-state index in [1.54, 1.807) is 19.5 Å². The maximum Gasteiger partial charge on any atom is 0.251 e. The Labute approximate surface area is 221 Å². The minimum Gasteiger partial charge on any atom is -0.495 e. The van der Waals surface area contributed by atoms with Crippen molar-refractivity contribution in [2.75, 3.05) is 30.4 Å². The van der Waals surface area contributed by atoms with Crippen molar-refractivity contribution in [3.05, 3.63) is 42.1 Å². The van der Waals surface area contributed by atoms with Crippen LogP contribution in [-0.2, 0) is 0 Å². The number of methoxy groups -OCH3 is 1. The Morgan fingerprint density at radius 3 is 2.79 bits per heavy atom. The molecule has 1 saturated carbocycles.